The number of carbonyl (C=O) groups excluding carboxylic acids is 1. The smallest absolute Gasteiger partial charge is 0.197 e. The van der Waals surface area contributed by atoms with Crippen LogP contribution in [0.3, 0.4) is 0 Å². The van der Waals surface area contributed by atoms with Crippen LogP contribution < -0.4 is 3.53 Å². The van der Waals surface area contributed by atoms with Crippen LogP contribution in [0.5, 0.6) is 0 Å². The van der Waals surface area contributed by atoms with Crippen LogP contribution in [0.1, 0.15) is 13.8 Å². The van der Waals surface area contributed by atoms with E-state index in [9.17, 15) is 4.79 Å². The van der Waals surface area contributed by atoms with Crippen LogP contribution in [-0.2, 0) is 14.3 Å². The highest BCUT2D eigenvalue weighted by atomic mass is 127. The van der Waals surface area contributed by atoms with E-state index >= 15 is 0 Å². The van der Waals surface area contributed by atoms with E-state index in [1.165, 1.54) is 0 Å². The number of hydrogen-bond donors (Lipinski definition) is 1. The molecule has 0 spiro atoms. The Morgan fingerprint density at radius 1 is 1.33 bits per heavy atom. The van der Waals surface area contributed by atoms with Gasteiger partial charge in [0.15, 0.2) is 3.79 Å². The Bertz CT molecular complexity index is 181. The van der Waals surface area contributed by atoms with E-state index < -0.39 is 0 Å². The van der Waals surface area contributed by atoms with Gasteiger partial charge in [-0.25, -0.2) is 0 Å². The zero-order valence-corrected chi connectivity index (χ0v) is 13.3. The molecule has 90 valence electrons. The van der Waals surface area contributed by atoms with Gasteiger partial charge in [0.25, 0.3) is 0 Å². The summed E-state index contributed by atoms with van der Waals surface area (Å²) in [5.74, 6) is -0.0541. The van der Waals surface area contributed by atoms with Crippen LogP contribution in [0, 0.1) is 5.92 Å². The average Bonchev–Trinajstić information content (AvgIpc) is 2.21. The van der Waals surface area contributed by atoms with Crippen molar-refractivity contribution in [2.45, 2.75) is 20.0 Å². The van der Waals surface area contributed by atoms with Crippen LogP contribution in [0.15, 0.2) is 0 Å². The maximum atomic E-state index is 11.0. The fourth-order valence-corrected chi connectivity index (χ4v) is 1.56. The third-order valence-electron chi connectivity index (χ3n) is 2.01. The maximum Gasteiger partial charge on any atom is 0.197 e. The largest absolute Gasteiger partial charge is 0.378 e. The van der Waals surface area contributed by atoms with Crippen molar-refractivity contribution in [3.63, 3.8) is 0 Å². The third-order valence-corrected chi connectivity index (χ3v) is 3.53. The van der Waals surface area contributed by atoms with Crippen molar-refractivity contribution >= 4 is 49.2 Å². The molecule has 0 heterocycles. The summed E-state index contributed by atoms with van der Waals surface area (Å²) in [5, 5.41) is 0. The predicted molar refractivity (Wildman–Crippen MR) is 76.4 cm³/mol. The third kappa shape index (κ3) is 8.78. The van der Waals surface area contributed by atoms with Crippen LogP contribution in [0.25, 0.3) is 0 Å². The molecule has 2 atom stereocenters. The second-order valence-corrected chi connectivity index (χ2v) is 4.99. The Morgan fingerprint density at radius 3 is 2.53 bits per heavy atom. The second-order valence-electron chi connectivity index (χ2n) is 3.16. The van der Waals surface area contributed by atoms with E-state index in [-0.39, 0.29) is 15.8 Å². The highest BCUT2D eigenvalue weighted by molar-refractivity contribution is 14.1. The van der Waals surface area contributed by atoms with E-state index in [1.54, 1.807) is 22.6 Å². The molecule has 0 saturated carbocycles. The lowest BCUT2D eigenvalue weighted by Crippen LogP contribution is -2.24. The molecule has 1 N–H and O–H groups in total. The standard InChI is InChI=1S/C9H17I2NO3/c1-7(9(10)13)8(2)15-6-5-14-4-3-12-11/h7-8,12H,3-6H2,1-2H3. The van der Waals surface area contributed by atoms with Crippen molar-refractivity contribution in [3.05, 3.63) is 0 Å². The monoisotopic (exact) mass is 441 g/mol. The molecule has 0 amide bonds. The Labute approximate surface area is 118 Å². The van der Waals surface area contributed by atoms with Gasteiger partial charge < -0.3 is 9.47 Å². The molecule has 15 heavy (non-hydrogen) atoms. The number of carbonyl (C=O) groups is 1. The van der Waals surface area contributed by atoms with Crippen molar-refractivity contribution in [3.8, 4) is 0 Å². The molecule has 0 bridgehead atoms. The normalized spacial score (nSPS) is 14.9. The number of nitrogens with one attached hydrogen (secondary N) is 1. The predicted octanol–water partition coefficient (Wildman–Crippen LogP) is 1.95. The first kappa shape index (κ1) is 16.0. The Balaban J connectivity index is 3.38. The van der Waals surface area contributed by atoms with Gasteiger partial charge in [0.05, 0.1) is 31.8 Å². The molecule has 0 aliphatic heterocycles. The van der Waals surface area contributed by atoms with Crippen LogP contribution >= 0.6 is 45.5 Å². The number of rotatable bonds is 9. The summed E-state index contributed by atoms with van der Waals surface area (Å²) in [7, 11) is 0. The first-order valence-electron chi connectivity index (χ1n) is 4.81. The summed E-state index contributed by atoms with van der Waals surface area (Å²) >= 11 is 3.88. The molecule has 0 rings (SSSR count). The molecule has 0 saturated heterocycles. The van der Waals surface area contributed by atoms with Crippen LogP contribution in [0.4, 0.5) is 0 Å². The van der Waals surface area contributed by atoms with Gasteiger partial charge in [0.2, 0.25) is 0 Å². The first-order valence-corrected chi connectivity index (χ1v) is 6.97. The minimum absolute atomic E-state index is 0.0410. The molecule has 4 nitrogen and oxygen atoms in total. The highest BCUT2D eigenvalue weighted by Gasteiger charge is 2.17. The zero-order chi connectivity index (χ0) is 11.7. The molecule has 0 aliphatic rings. The van der Waals surface area contributed by atoms with Crippen molar-refractivity contribution in [2.24, 2.45) is 5.92 Å². The number of halogens is 2. The lowest BCUT2D eigenvalue weighted by atomic mass is 10.1. The van der Waals surface area contributed by atoms with Gasteiger partial charge >= 0.3 is 0 Å². The number of ether oxygens (including phenoxy) is 2. The average molecular weight is 441 g/mol. The lowest BCUT2D eigenvalue weighted by Gasteiger charge is -2.17. The van der Waals surface area contributed by atoms with Gasteiger partial charge in [-0.15, -0.1) is 0 Å². The van der Waals surface area contributed by atoms with Crippen LogP contribution in [0.2, 0.25) is 0 Å². The molecule has 0 radical (unpaired) electrons. The van der Waals surface area contributed by atoms with Gasteiger partial charge in [-0.1, -0.05) is 6.92 Å². The van der Waals surface area contributed by atoms with Gasteiger partial charge in [-0.3, -0.25) is 8.32 Å². The number of hydrogen-bond acceptors (Lipinski definition) is 4. The molecular formula is C9H17I2NO3. The van der Waals surface area contributed by atoms with Gasteiger partial charge in [-0.2, -0.15) is 0 Å². The molecule has 6 heteroatoms. The van der Waals surface area contributed by atoms with Crippen LogP contribution in [-0.4, -0.2) is 36.3 Å². The van der Waals surface area contributed by atoms with E-state index in [4.69, 9.17) is 9.47 Å². The quantitative estimate of drug-likeness (QED) is 0.257. The van der Waals surface area contributed by atoms with Gasteiger partial charge in [0.1, 0.15) is 0 Å². The summed E-state index contributed by atoms with van der Waals surface area (Å²) in [6.07, 6.45) is -0.0410. The fraction of sp³-hybridized carbons (Fsp3) is 0.889. The summed E-state index contributed by atoms with van der Waals surface area (Å²) in [5.41, 5.74) is 0. The highest BCUT2D eigenvalue weighted by Crippen LogP contribution is 2.11. The molecular weight excluding hydrogens is 424 g/mol. The summed E-state index contributed by atoms with van der Waals surface area (Å²) in [6, 6.07) is 0. The van der Waals surface area contributed by atoms with Gasteiger partial charge in [-0.05, 0) is 29.5 Å². The van der Waals surface area contributed by atoms with Crippen molar-refractivity contribution in [2.75, 3.05) is 26.4 Å². The summed E-state index contributed by atoms with van der Waals surface area (Å²) in [4.78, 5) is 11.0. The Kier molecular flexibility index (Phi) is 10.9. The minimum Gasteiger partial charge on any atom is -0.378 e. The fourth-order valence-electron chi connectivity index (χ4n) is 0.835. The maximum absolute atomic E-state index is 11.0. The lowest BCUT2D eigenvalue weighted by molar-refractivity contribution is -0.117. The Morgan fingerprint density at radius 2 is 2.00 bits per heavy atom. The topological polar surface area (TPSA) is 47.6 Å². The molecule has 0 aromatic heterocycles. The molecule has 0 aromatic rings. The van der Waals surface area contributed by atoms with E-state index in [0.717, 1.165) is 6.54 Å². The SMILES string of the molecule is CC(OCCOCCNI)C(C)C(=O)I. The van der Waals surface area contributed by atoms with Crippen molar-refractivity contribution in [1.29, 1.82) is 0 Å². The zero-order valence-electron chi connectivity index (χ0n) is 8.96. The molecule has 0 aliphatic carbocycles. The molecule has 0 fully saturated rings. The van der Waals surface area contributed by atoms with Crippen molar-refractivity contribution in [1.82, 2.24) is 3.53 Å². The van der Waals surface area contributed by atoms with E-state index in [2.05, 4.69) is 26.4 Å². The molecule has 2 unspecified atom stereocenters. The summed E-state index contributed by atoms with van der Waals surface area (Å²) < 4.78 is 13.9. The van der Waals surface area contributed by atoms with Crippen molar-refractivity contribution < 1.29 is 14.3 Å². The minimum atomic E-state index is -0.0541. The van der Waals surface area contributed by atoms with E-state index in [0.29, 0.717) is 19.8 Å². The van der Waals surface area contributed by atoms with Gasteiger partial charge in [0, 0.05) is 29.4 Å². The van der Waals surface area contributed by atoms with E-state index in [1.807, 2.05) is 13.8 Å². The second kappa shape index (κ2) is 10.2. The summed E-state index contributed by atoms with van der Waals surface area (Å²) in [6.45, 7) is 6.41. The first-order chi connectivity index (χ1) is 7.09. The Hall–Kier alpha value is 1.01. The molecule has 0 aromatic carbocycles.